The number of halogens is 1. The van der Waals surface area contributed by atoms with E-state index in [-0.39, 0.29) is 22.9 Å². The lowest BCUT2D eigenvalue weighted by molar-refractivity contribution is -0.113. The molecule has 0 aliphatic heterocycles. The number of aromatic amines is 1. The van der Waals surface area contributed by atoms with Crippen LogP contribution in [0.25, 0.3) is 39.2 Å². The molecule has 5 rings (SSSR count). The predicted molar refractivity (Wildman–Crippen MR) is 138 cm³/mol. The number of aromatic hydroxyl groups is 1. The zero-order valence-corrected chi connectivity index (χ0v) is 19.5. The average molecular weight is 485 g/mol. The van der Waals surface area contributed by atoms with Gasteiger partial charge in [0.25, 0.3) is 5.56 Å². The van der Waals surface area contributed by atoms with Crippen LogP contribution >= 0.6 is 11.6 Å². The van der Waals surface area contributed by atoms with Gasteiger partial charge in [0.1, 0.15) is 11.6 Å². The fourth-order valence-electron chi connectivity index (χ4n) is 4.18. The smallest absolute Gasteiger partial charge is 0.280 e. The highest BCUT2D eigenvalue weighted by molar-refractivity contribution is 6.29. The number of anilines is 1. The van der Waals surface area contributed by atoms with Crippen molar-refractivity contribution in [3.8, 4) is 39.3 Å². The highest BCUT2D eigenvalue weighted by Crippen LogP contribution is 2.35. The van der Waals surface area contributed by atoms with Gasteiger partial charge in [-0.25, -0.2) is 4.98 Å². The Hall–Kier alpha value is -4.36. The van der Waals surface area contributed by atoms with E-state index in [4.69, 9.17) is 16.6 Å². The number of fused-ring (bicyclic) bond motifs is 1. The van der Waals surface area contributed by atoms with Crippen LogP contribution in [0.5, 0.6) is 5.75 Å². The minimum absolute atomic E-state index is 0.128. The molecule has 2 heterocycles. The number of aromatic nitrogens is 3. The molecule has 0 bridgehead atoms. The van der Waals surface area contributed by atoms with Gasteiger partial charge in [-0.1, -0.05) is 66.7 Å². The second kappa shape index (κ2) is 9.12. The largest absolute Gasteiger partial charge is 0.506 e. The zero-order valence-electron chi connectivity index (χ0n) is 18.7. The molecule has 3 aromatic carbocycles. The number of aryl methyl sites for hydroxylation is 1. The van der Waals surface area contributed by atoms with E-state index in [9.17, 15) is 14.7 Å². The van der Waals surface area contributed by atoms with E-state index in [1.165, 1.54) is 16.6 Å². The SMILES string of the molecule is Cc1nc2c(-c3ccccc3)c(-c3ccccc3)[nH]n2c(=O)c1-c1ccc(O)c(NC(=O)CCl)c1. The monoisotopic (exact) mass is 484 g/mol. The summed E-state index contributed by atoms with van der Waals surface area (Å²) in [4.78, 5) is 30.4. The zero-order chi connectivity index (χ0) is 24.5. The van der Waals surface area contributed by atoms with Crippen molar-refractivity contribution in [2.24, 2.45) is 0 Å². The number of rotatable bonds is 5. The number of amides is 1. The quantitative estimate of drug-likeness (QED) is 0.235. The van der Waals surface area contributed by atoms with Gasteiger partial charge in [0.2, 0.25) is 5.91 Å². The summed E-state index contributed by atoms with van der Waals surface area (Å²) in [6, 6.07) is 24.1. The topological polar surface area (TPSA) is 99.5 Å². The molecule has 5 aromatic rings. The minimum atomic E-state index is -0.467. The van der Waals surface area contributed by atoms with Gasteiger partial charge in [0.15, 0.2) is 5.65 Å². The second-order valence-corrected chi connectivity index (χ2v) is 8.31. The van der Waals surface area contributed by atoms with Crippen molar-refractivity contribution < 1.29 is 9.90 Å². The Morgan fingerprint density at radius 2 is 1.63 bits per heavy atom. The summed E-state index contributed by atoms with van der Waals surface area (Å²) < 4.78 is 1.44. The molecule has 7 nitrogen and oxygen atoms in total. The maximum Gasteiger partial charge on any atom is 0.280 e. The number of carbonyl (C=O) groups is 1. The van der Waals surface area contributed by atoms with Crippen LogP contribution in [-0.4, -0.2) is 31.5 Å². The van der Waals surface area contributed by atoms with Crippen molar-refractivity contribution in [3.05, 3.63) is 94.9 Å². The van der Waals surface area contributed by atoms with Crippen LogP contribution in [0.15, 0.2) is 83.7 Å². The number of phenols is 1. The van der Waals surface area contributed by atoms with Gasteiger partial charge in [-0.05, 0) is 30.2 Å². The fraction of sp³-hybridized carbons (Fsp3) is 0.0741. The molecule has 0 saturated carbocycles. The van der Waals surface area contributed by atoms with E-state index in [1.807, 2.05) is 60.7 Å². The summed E-state index contributed by atoms with van der Waals surface area (Å²) in [6.45, 7) is 1.77. The van der Waals surface area contributed by atoms with Crippen molar-refractivity contribution in [1.82, 2.24) is 14.6 Å². The summed E-state index contributed by atoms with van der Waals surface area (Å²) in [7, 11) is 0. The van der Waals surface area contributed by atoms with Gasteiger partial charge in [0.05, 0.1) is 28.2 Å². The maximum atomic E-state index is 13.8. The van der Waals surface area contributed by atoms with Gasteiger partial charge >= 0.3 is 0 Å². The molecular weight excluding hydrogens is 464 g/mol. The number of nitrogens with one attached hydrogen (secondary N) is 2. The summed E-state index contributed by atoms with van der Waals surface area (Å²) in [5.41, 5.74) is 5.21. The number of hydrogen-bond acceptors (Lipinski definition) is 4. The second-order valence-electron chi connectivity index (χ2n) is 8.04. The number of carbonyl (C=O) groups excluding carboxylic acids is 1. The van der Waals surface area contributed by atoms with Crippen molar-refractivity contribution >= 4 is 28.8 Å². The highest BCUT2D eigenvalue weighted by atomic mass is 35.5. The molecule has 0 spiro atoms. The van der Waals surface area contributed by atoms with E-state index >= 15 is 0 Å². The predicted octanol–water partition coefficient (Wildman–Crippen LogP) is 5.21. The molecule has 0 aliphatic carbocycles. The normalized spacial score (nSPS) is 11.0. The van der Waals surface area contributed by atoms with Crippen LogP contribution in [0.2, 0.25) is 0 Å². The molecule has 0 aliphatic rings. The molecular formula is C27H21ClN4O3. The van der Waals surface area contributed by atoms with Crippen LogP contribution in [0, 0.1) is 6.92 Å². The Labute approximate surface area is 205 Å². The Morgan fingerprint density at radius 3 is 2.29 bits per heavy atom. The van der Waals surface area contributed by atoms with Crippen molar-refractivity contribution in [2.45, 2.75) is 6.92 Å². The van der Waals surface area contributed by atoms with Gasteiger partial charge < -0.3 is 10.4 Å². The van der Waals surface area contributed by atoms with Gasteiger partial charge in [-0.15, -0.1) is 11.6 Å². The van der Waals surface area contributed by atoms with E-state index in [2.05, 4.69) is 10.4 Å². The van der Waals surface area contributed by atoms with Gasteiger partial charge in [-0.2, -0.15) is 4.52 Å². The molecule has 2 aromatic heterocycles. The van der Waals surface area contributed by atoms with Crippen LogP contribution < -0.4 is 10.9 Å². The lowest BCUT2D eigenvalue weighted by Gasteiger charge is -2.10. The lowest BCUT2D eigenvalue weighted by Crippen LogP contribution is -2.19. The maximum absolute atomic E-state index is 13.8. The number of alkyl halides is 1. The number of phenolic OH excluding ortho intramolecular Hbond substituents is 1. The van der Waals surface area contributed by atoms with E-state index in [0.29, 0.717) is 22.5 Å². The van der Waals surface area contributed by atoms with Gasteiger partial charge in [-0.3, -0.25) is 14.7 Å². The Bertz CT molecular complexity index is 1610. The molecule has 0 unspecified atom stereocenters. The standard InChI is InChI=1S/C27H21ClN4O3/c1-16-23(19-12-13-21(33)20(14-19)30-22(34)15-28)27(35)32-26(29-16)24(17-8-4-2-5-9-17)25(31-32)18-10-6-3-7-11-18/h2-14,31,33H,15H2,1H3,(H,30,34). The minimum Gasteiger partial charge on any atom is -0.506 e. The fourth-order valence-corrected chi connectivity index (χ4v) is 4.24. The summed E-state index contributed by atoms with van der Waals surface area (Å²) >= 11 is 5.58. The van der Waals surface area contributed by atoms with E-state index in [0.717, 1.165) is 22.4 Å². The molecule has 1 amide bonds. The molecule has 8 heteroatoms. The highest BCUT2D eigenvalue weighted by Gasteiger charge is 2.21. The Kier molecular flexibility index (Phi) is 5.84. The first-order valence-corrected chi connectivity index (χ1v) is 11.5. The van der Waals surface area contributed by atoms with Crippen LogP contribution in [0.3, 0.4) is 0 Å². The lowest BCUT2D eigenvalue weighted by atomic mass is 10.0. The average Bonchev–Trinajstić information content (AvgIpc) is 3.26. The third-order valence-electron chi connectivity index (χ3n) is 5.77. The molecule has 174 valence electrons. The summed E-state index contributed by atoms with van der Waals surface area (Å²) in [5.74, 6) is -0.853. The van der Waals surface area contributed by atoms with Crippen LogP contribution in [-0.2, 0) is 4.79 Å². The Morgan fingerprint density at radius 1 is 0.971 bits per heavy atom. The third-order valence-corrected chi connectivity index (χ3v) is 6.01. The van der Waals surface area contributed by atoms with Crippen LogP contribution in [0.1, 0.15) is 5.69 Å². The van der Waals surface area contributed by atoms with Crippen LogP contribution in [0.4, 0.5) is 5.69 Å². The molecule has 0 radical (unpaired) electrons. The molecule has 0 saturated heterocycles. The Balaban J connectivity index is 1.76. The van der Waals surface area contributed by atoms with Crippen molar-refractivity contribution in [3.63, 3.8) is 0 Å². The van der Waals surface area contributed by atoms with E-state index < -0.39 is 5.91 Å². The van der Waals surface area contributed by atoms with Gasteiger partial charge in [0, 0.05) is 5.56 Å². The summed E-state index contributed by atoms with van der Waals surface area (Å²) in [6.07, 6.45) is 0. The first kappa shape index (κ1) is 22.4. The third kappa shape index (κ3) is 4.06. The summed E-state index contributed by atoms with van der Waals surface area (Å²) in [5, 5.41) is 16.0. The number of benzene rings is 3. The number of nitrogens with zero attached hydrogens (tertiary/aromatic N) is 2. The number of H-pyrrole nitrogens is 1. The first-order valence-electron chi connectivity index (χ1n) is 10.9. The van der Waals surface area contributed by atoms with Crippen molar-refractivity contribution in [2.75, 3.05) is 11.2 Å². The van der Waals surface area contributed by atoms with E-state index in [1.54, 1.807) is 13.0 Å². The molecule has 35 heavy (non-hydrogen) atoms. The number of hydrogen-bond donors (Lipinski definition) is 3. The van der Waals surface area contributed by atoms with Crippen molar-refractivity contribution in [1.29, 1.82) is 0 Å². The molecule has 0 atom stereocenters. The first-order chi connectivity index (χ1) is 17.0. The molecule has 3 N–H and O–H groups in total. The molecule has 0 fully saturated rings.